The van der Waals surface area contributed by atoms with Crippen LogP contribution in [0, 0.1) is 0 Å². The van der Waals surface area contributed by atoms with Gasteiger partial charge in [-0.25, -0.2) is 4.98 Å². The minimum atomic E-state index is -4.86. The molecule has 2 unspecified atom stereocenters. The molecule has 19 heteroatoms. The number of halogens is 1. The Morgan fingerprint density at radius 2 is 2.18 bits per heavy atom. The number of thioether (sulfide) groups is 1. The zero-order valence-corrected chi connectivity index (χ0v) is 19.4. The van der Waals surface area contributed by atoms with Crippen LogP contribution in [0.2, 0.25) is 0 Å². The summed E-state index contributed by atoms with van der Waals surface area (Å²) in [5.74, 6) is -2.62. The molecule has 1 aliphatic heterocycles. The Morgan fingerprint density at radius 3 is 2.76 bits per heavy atom. The van der Waals surface area contributed by atoms with Gasteiger partial charge in [0.2, 0.25) is 12.3 Å². The predicted octanol–water partition coefficient (Wildman–Crippen LogP) is -2.04. The fraction of sp³-hybridized carbons (Fsp3) is 0.429. The molecule has 33 heavy (non-hydrogen) atoms. The maximum absolute atomic E-state index is 12.7. The molecule has 0 saturated carbocycles. The van der Waals surface area contributed by atoms with Crippen LogP contribution in [-0.2, 0) is 34.3 Å². The number of anilines is 1. The van der Waals surface area contributed by atoms with Crippen LogP contribution in [0.4, 0.5) is 5.13 Å². The number of oxime groups is 1. The Labute approximate surface area is 223 Å². The van der Waals surface area contributed by atoms with E-state index in [1.54, 1.807) is 0 Å². The Hall–Kier alpha value is -1.47. The van der Waals surface area contributed by atoms with Gasteiger partial charge < -0.3 is 20.8 Å². The normalized spacial score (nSPS) is 18.0. The van der Waals surface area contributed by atoms with Crippen LogP contribution in [0.3, 0.4) is 0 Å². The first-order valence-electron chi connectivity index (χ1n) is 8.47. The molecule has 1 aromatic heterocycles. The molecule has 4 N–H and O–H groups in total. The molecule has 0 bridgehead atoms. The van der Waals surface area contributed by atoms with E-state index in [2.05, 4.69) is 30.9 Å². The van der Waals surface area contributed by atoms with E-state index in [0.717, 1.165) is 23.1 Å². The number of β-lactam (4-membered cyclic amide) rings is 1. The molecule has 4 amide bonds. The molecule has 0 aliphatic carbocycles. The van der Waals surface area contributed by atoms with Gasteiger partial charge in [0.15, 0.2) is 10.8 Å². The standard InChI is InChI=1S/C14H17ClN6O8S3.Na.H/c1-29-20-9(7-5-31-14(17-7)18-8(23)4-15)11(24)19-10-12(25)21(32(26,27)28)13(10)30-3-2-16-6-22;;/h5-6,10,13H,2-4H2,1H3,(H,16,22)(H,19,24)(H,17,18,23)(H,26,27,28);;. The van der Waals surface area contributed by atoms with Crippen LogP contribution >= 0.6 is 34.7 Å². The first-order chi connectivity index (χ1) is 15.1. The number of nitrogens with one attached hydrogen (secondary N) is 3. The number of rotatable bonds is 12. The van der Waals surface area contributed by atoms with Crippen molar-refractivity contribution in [1.82, 2.24) is 19.9 Å². The van der Waals surface area contributed by atoms with Crippen LogP contribution in [0.5, 0.6) is 0 Å². The number of amides is 4. The van der Waals surface area contributed by atoms with Gasteiger partial charge in [0, 0.05) is 17.7 Å². The van der Waals surface area contributed by atoms with Gasteiger partial charge >= 0.3 is 39.9 Å². The topological polar surface area (TPSA) is 196 Å². The Kier molecular flexibility index (Phi) is 12.0. The van der Waals surface area contributed by atoms with E-state index in [1.165, 1.54) is 12.5 Å². The zero-order valence-electron chi connectivity index (χ0n) is 16.2. The quantitative estimate of drug-likeness (QED) is 0.0327. The molecule has 2 atom stereocenters. The van der Waals surface area contributed by atoms with Gasteiger partial charge in [-0.05, 0) is 0 Å². The summed E-state index contributed by atoms with van der Waals surface area (Å²) < 4.78 is 32.5. The van der Waals surface area contributed by atoms with E-state index in [1.807, 2.05) is 0 Å². The van der Waals surface area contributed by atoms with Gasteiger partial charge in [0.25, 0.3) is 11.8 Å². The van der Waals surface area contributed by atoms with Crippen molar-refractivity contribution in [2.45, 2.75) is 11.4 Å². The third-order valence-electron chi connectivity index (χ3n) is 3.67. The van der Waals surface area contributed by atoms with Crippen LogP contribution in [-0.4, -0.2) is 118 Å². The molecule has 2 rings (SSSR count). The van der Waals surface area contributed by atoms with Crippen molar-refractivity contribution in [1.29, 1.82) is 0 Å². The number of aromatic nitrogens is 1. The SMILES string of the molecule is CON=C(C(=O)NC1C(=O)N(S(=O)(=O)O)C1SCCNC=O)c1csc(NC(=O)CCl)n1.[NaH]. The third kappa shape index (κ3) is 7.78. The molecular formula is C14H18ClN6NaO8S3. The Balaban J connectivity index is 0.00000544. The fourth-order valence-corrected chi connectivity index (χ4v) is 5.48. The summed E-state index contributed by atoms with van der Waals surface area (Å²) in [6.07, 6.45) is 0.442. The van der Waals surface area contributed by atoms with Crippen molar-refractivity contribution in [2.24, 2.45) is 5.16 Å². The Morgan fingerprint density at radius 1 is 1.48 bits per heavy atom. The summed E-state index contributed by atoms with van der Waals surface area (Å²) in [4.78, 5) is 55.4. The molecule has 2 heterocycles. The average molecular weight is 553 g/mol. The summed E-state index contributed by atoms with van der Waals surface area (Å²) in [6.45, 7) is 0.158. The summed E-state index contributed by atoms with van der Waals surface area (Å²) in [7, 11) is -3.69. The van der Waals surface area contributed by atoms with Crippen molar-refractivity contribution >= 4 is 110 Å². The van der Waals surface area contributed by atoms with E-state index in [9.17, 15) is 32.1 Å². The van der Waals surface area contributed by atoms with E-state index in [0.29, 0.717) is 6.41 Å². The van der Waals surface area contributed by atoms with Crippen molar-refractivity contribution < 1.29 is 37.0 Å². The van der Waals surface area contributed by atoms with Crippen LogP contribution < -0.4 is 16.0 Å². The van der Waals surface area contributed by atoms with Crippen LogP contribution in [0.25, 0.3) is 0 Å². The number of carbonyl (C=O) groups is 4. The summed E-state index contributed by atoms with van der Waals surface area (Å²) in [6, 6.07) is -1.32. The van der Waals surface area contributed by atoms with E-state index in [-0.39, 0.29) is 68.6 Å². The molecule has 178 valence electrons. The minimum absolute atomic E-state index is 0. The Bertz CT molecular complexity index is 1020. The molecular weight excluding hydrogens is 535 g/mol. The summed E-state index contributed by atoms with van der Waals surface area (Å²) >= 11 is 7.30. The molecule has 14 nitrogen and oxygen atoms in total. The van der Waals surface area contributed by atoms with Crippen molar-refractivity contribution in [3.63, 3.8) is 0 Å². The van der Waals surface area contributed by atoms with E-state index >= 15 is 0 Å². The van der Waals surface area contributed by atoms with Crippen molar-refractivity contribution in [3.8, 4) is 0 Å². The number of carbonyl (C=O) groups excluding carboxylic acids is 4. The first-order valence-corrected chi connectivity index (χ1v) is 12.3. The molecule has 1 aliphatic rings. The second-order valence-corrected chi connectivity index (χ2v) is 9.38. The number of hydrogen-bond acceptors (Lipinski definition) is 11. The summed E-state index contributed by atoms with van der Waals surface area (Å²) in [5.41, 5.74) is -0.336. The summed E-state index contributed by atoms with van der Waals surface area (Å²) in [5, 5.41) is 11.1. The van der Waals surface area contributed by atoms with Gasteiger partial charge in [-0.15, -0.1) is 34.7 Å². The van der Waals surface area contributed by atoms with Crippen LogP contribution in [0.15, 0.2) is 10.5 Å². The maximum atomic E-state index is 12.7. The number of nitrogens with zero attached hydrogens (tertiary/aromatic N) is 3. The van der Waals surface area contributed by atoms with Crippen molar-refractivity contribution in [2.75, 3.05) is 30.6 Å². The van der Waals surface area contributed by atoms with E-state index < -0.39 is 39.4 Å². The zero-order chi connectivity index (χ0) is 23.9. The molecule has 0 aromatic carbocycles. The molecule has 1 aromatic rings. The number of thiazole rings is 1. The van der Waals surface area contributed by atoms with E-state index in [4.69, 9.17) is 11.6 Å². The second-order valence-electron chi connectivity index (χ2n) is 5.74. The van der Waals surface area contributed by atoms with Gasteiger partial charge in [0.1, 0.15) is 30.1 Å². The molecule has 0 spiro atoms. The average Bonchev–Trinajstić information content (AvgIpc) is 3.18. The monoisotopic (exact) mass is 552 g/mol. The van der Waals surface area contributed by atoms with Gasteiger partial charge in [-0.1, -0.05) is 5.16 Å². The first kappa shape index (κ1) is 29.6. The predicted molar refractivity (Wildman–Crippen MR) is 123 cm³/mol. The number of alkyl halides is 1. The van der Waals surface area contributed by atoms with Gasteiger partial charge in [0.05, 0.1) is 0 Å². The molecule has 1 fully saturated rings. The second kappa shape index (κ2) is 13.4. The van der Waals surface area contributed by atoms with Gasteiger partial charge in [-0.2, -0.15) is 12.7 Å². The fourth-order valence-electron chi connectivity index (χ4n) is 2.38. The number of hydrogen-bond donors (Lipinski definition) is 4. The molecule has 1 saturated heterocycles. The third-order valence-corrected chi connectivity index (χ3v) is 6.97. The van der Waals surface area contributed by atoms with Gasteiger partial charge in [-0.3, -0.25) is 23.7 Å². The van der Waals surface area contributed by atoms with Crippen LogP contribution in [0.1, 0.15) is 5.69 Å². The molecule has 0 radical (unpaired) electrons. The van der Waals surface area contributed by atoms with Crippen molar-refractivity contribution in [3.05, 3.63) is 11.1 Å².